The topological polar surface area (TPSA) is 34.0 Å². The van der Waals surface area contributed by atoms with Gasteiger partial charge in [0.05, 0.1) is 22.3 Å². The van der Waals surface area contributed by atoms with Crippen LogP contribution in [0.1, 0.15) is 22.3 Å². The Kier molecular flexibility index (Phi) is 8.40. The van der Waals surface area contributed by atoms with Crippen LogP contribution in [-0.2, 0) is 5.41 Å². The molecule has 4 heteroatoms. The Labute approximate surface area is 378 Å². The number of aromatic nitrogens is 3. The minimum absolute atomic E-state index is 0.571. The predicted octanol–water partition coefficient (Wildman–Crippen LogP) is 15.2. The van der Waals surface area contributed by atoms with Crippen molar-refractivity contribution in [2.24, 2.45) is 0 Å². The molecule has 0 amide bonds. The molecule has 0 saturated carbocycles. The normalized spacial score (nSPS) is 12.7. The highest BCUT2D eigenvalue weighted by molar-refractivity contribution is 6.06. The van der Waals surface area contributed by atoms with Crippen molar-refractivity contribution >= 4 is 28.0 Å². The molecule has 2 aromatic heterocycles. The van der Waals surface area contributed by atoms with Crippen molar-refractivity contribution in [3.63, 3.8) is 0 Å². The standard InChI is InChI=1S/C61H40N4/c1-5-20-41(21-6-1)55-40-57(63-60(62-55)42-22-7-2-8-23-42)65-56-37-36-44(43-24-19-29-47(38-43)64(45-25-9-3-10-26-45)46-27-11-4-12-28-46)39-51(56)58-59(65)50-32-15-18-35-54(50)61(58)52-33-16-13-30-48(52)49-31-14-17-34-53(49)61/h1-40H. The summed E-state index contributed by atoms with van der Waals surface area (Å²) in [5.74, 6) is 1.51. The molecule has 4 nitrogen and oxygen atoms in total. The van der Waals surface area contributed by atoms with Gasteiger partial charge in [-0.3, -0.25) is 4.57 Å². The molecule has 0 aliphatic heterocycles. The van der Waals surface area contributed by atoms with Crippen molar-refractivity contribution in [2.75, 3.05) is 4.90 Å². The summed E-state index contributed by atoms with van der Waals surface area (Å²) in [6, 6.07) is 87.3. The summed E-state index contributed by atoms with van der Waals surface area (Å²) in [4.78, 5) is 13.0. The largest absolute Gasteiger partial charge is 0.310 e. The van der Waals surface area contributed by atoms with Gasteiger partial charge in [0.15, 0.2) is 5.82 Å². The van der Waals surface area contributed by atoms with Crippen LogP contribution in [0.4, 0.5) is 17.1 Å². The van der Waals surface area contributed by atoms with Crippen LogP contribution in [0.25, 0.3) is 72.9 Å². The Morgan fingerprint density at radius 3 is 1.49 bits per heavy atom. The molecular weight excluding hydrogens is 789 g/mol. The summed E-state index contributed by atoms with van der Waals surface area (Å²) >= 11 is 0. The zero-order valence-corrected chi connectivity index (χ0v) is 35.4. The summed E-state index contributed by atoms with van der Waals surface area (Å²) in [5, 5.41) is 1.19. The fraction of sp³-hybridized carbons (Fsp3) is 0.0164. The van der Waals surface area contributed by atoms with Gasteiger partial charge in [-0.2, -0.15) is 0 Å². The molecule has 2 heterocycles. The van der Waals surface area contributed by atoms with Crippen LogP contribution < -0.4 is 4.90 Å². The second kappa shape index (κ2) is 14.8. The van der Waals surface area contributed by atoms with Crippen LogP contribution in [0.3, 0.4) is 0 Å². The lowest BCUT2D eigenvalue weighted by atomic mass is 9.70. The van der Waals surface area contributed by atoms with E-state index in [0.717, 1.165) is 62.0 Å². The van der Waals surface area contributed by atoms with Crippen LogP contribution in [0, 0.1) is 0 Å². The lowest BCUT2D eigenvalue weighted by Gasteiger charge is -2.30. The highest BCUT2D eigenvalue weighted by atomic mass is 15.1. The molecule has 65 heavy (non-hydrogen) atoms. The molecular formula is C61H40N4. The van der Waals surface area contributed by atoms with Crippen molar-refractivity contribution in [1.29, 1.82) is 0 Å². The lowest BCUT2D eigenvalue weighted by Crippen LogP contribution is -2.25. The van der Waals surface area contributed by atoms with Crippen LogP contribution in [0.5, 0.6) is 0 Å². The Morgan fingerprint density at radius 2 is 0.862 bits per heavy atom. The van der Waals surface area contributed by atoms with Crippen LogP contribution in [0.15, 0.2) is 243 Å². The zero-order valence-electron chi connectivity index (χ0n) is 35.4. The number of anilines is 3. The van der Waals surface area contributed by atoms with Gasteiger partial charge in [0.2, 0.25) is 0 Å². The minimum Gasteiger partial charge on any atom is -0.310 e. The molecule has 0 saturated heterocycles. The minimum atomic E-state index is -0.571. The summed E-state index contributed by atoms with van der Waals surface area (Å²) in [6.45, 7) is 0. The highest BCUT2D eigenvalue weighted by Crippen LogP contribution is 2.65. The van der Waals surface area contributed by atoms with Gasteiger partial charge in [0, 0.05) is 50.8 Å². The summed E-state index contributed by atoms with van der Waals surface area (Å²) < 4.78 is 2.43. The van der Waals surface area contributed by atoms with Gasteiger partial charge in [-0.1, -0.05) is 188 Å². The molecule has 11 aromatic rings. The van der Waals surface area contributed by atoms with Gasteiger partial charge in [-0.05, 0) is 87.5 Å². The van der Waals surface area contributed by atoms with E-state index in [1.807, 2.05) is 6.07 Å². The molecule has 0 fully saturated rings. The Balaban J connectivity index is 1.12. The second-order valence-electron chi connectivity index (χ2n) is 16.9. The first kappa shape index (κ1) is 37.0. The quantitative estimate of drug-likeness (QED) is 0.160. The fourth-order valence-electron chi connectivity index (χ4n) is 10.7. The lowest BCUT2D eigenvalue weighted by molar-refractivity contribution is 0.801. The van der Waals surface area contributed by atoms with Crippen LogP contribution in [-0.4, -0.2) is 14.5 Å². The molecule has 0 atom stereocenters. The zero-order chi connectivity index (χ0) is 42.9. The number of para-hydroxylation sites is 2. The van der Waals surface area contributed by atoms with E-state index in [1.54, 1.807) is 0 Å². The first-order valence-corrected chi connectivity index (χ1v) is 22.2. The maximum absolute atomic E-state index is 5.49. The smallest absolute Gasteiger partial charge is 0.162 e. The number of nitrogens with zero attached hydrogens (tertiary/aromatic N) is 4. The Morgan fingerprint density at radius 1 is 0.369 bits per heavy atom. The SMILES string of the molecule is c1ccc(-c2cc(-n3c4c(c5cc(-c6cccc(N(c7ccccc7)c7ccccc7)c6)ccc53)C3(c5ccccc5-c5ccccc53)c3ccccc3-4)nc(-c3ccccc3)n2)cc1. The summed E-state index contributed by atoms with van der Waals surface area (Å²) in [6.07, 6.45) is 0. The van der Waals surface area contributed by atoms with E-state index in [2.05, 4.69) is 246 Å². The molecule has 13 rings (SSSR count). The number of hydrogen-bond acceptors (Lipinski definition) is 3. The van der Waals surface area contributed by atoms with Gasteiger partial charge >= 0.3 is 0 Å². The molecule has 0 radical (unpaired) electrons. The monoisotopic (exact) mass is 828 g/mol. The van der Waals surface area contributed by atoms with E-state index >= 15 is 0 Å². The van der Waals surface area contributed by atoms with Crippen LogP contribution in [0.2, 0.25) is 0 Å². The fourth-order valence-corrected chi connectivity index (χ4v) is 10.7. The van der Waals surface area contributed by atoms with E-state index in [1.165, 1.54) is 44.3 Å². The average molecular weight is 829 g/mol. The van der Waals surface area contributed by atoms with Gasteiger partial charge < -0.3 is 4.90 Å². The number of fused-ring (bicyclic) bond motifs is 12. The predicted molar refractivity (Wildman–Crippen MR) is 266 cm³/mol. The van der Waals surface area contributed by atoms with E-state index in [-0.39, 0.29) is 0 Å². The van der Waals surface area contributed by atoms with Gasteiger partial charge in [-0.15, -0.1) is 0 Å². The van der Waals surface area contributed by atoms with Crippen molar-refractivity contribution < 1.29 is 0 Å². The van der Waals surface area contributed by atoms with E-state index in [0.29, 0.717) is 5.82 Å². The average Bonchev–Trinajstić information content (AvgIpc) is 3.99. The maximum atomic E-state index is 5.49. The molecule has 0 N–H and O–H groups in total. The summed E-state index contributed by atoms with van der Waals surface area (Å²) in [5.41, 5.74) is 19.1. The van der Waals surface area contributed by atoms with Crippen molar-refractivity contribution in [3.05, 3.63) is 265 Å². The van der Waals surface area contributed by atoms with E-state index < -0.39 is 5.41 Å². The molecule has 0 bridgehead atoms. The van der Waals surface area contributed by atoms with Gasteiger partial charge in [0.25, 0.3) is 0 Å². The van der Waals surface area contributed by atoms with Crippen LogP contribution >= 0.6 is 0 Å². The maximum Gasteiger partial charge on any atom is 0.162 e. The Hall–Kier alpha value is -8.60. The third kappa shape index (κ3) is 5.64. The van der Waals surface area contributed by atoms with Crippen molar-refractivity contribution in [1.82, 2.24) is 14.5 Å². The third-order valence-electron chi connectivity index (χ3n) is 13.4. The van der Waals surface area contributed by atoms with E-state index in [9.17, 15) is 0 Å². The molecule has 2 aliphatic carbocycles. The first-order valence-electron chi connectivity index (χ1n) is 22.2. The Bertz CT molecular complexity index is 3450. The molecule has 2 aliphatic rings. The van der Waals surface area contributed by atoms with Gasteiger partial charge in [0.1, 0.15) is 5.82 Å². The number of hydrogen-bond donors (Lipinski definition) is 0. The van der Waals surface area contributed by atoms with Gasteiger partial charge in [-0.25, -0.2) is 9.97 Å². The molecule has 9 aromatic carbocycles. The second-order valence-corrected chi connectivity index (χ2v) is 16.9. The first-order chi connectivity index (χ1) is 32.3. The number of rotatable bonds is 7. The molecule has 304 valence electrons. The highest BCUT2D eigenvalue weighted by Gasteiger charge is 2.54. The van der Waals surface area contributed by atoms with E-state index in [4.69, 9.17) is 9.97 Å². The third-order valence-corrected chi connectivity index (χ3v) is 13.4. The van der Waals surface area contributed by atoms with Crippen molar-refractivity contribution in [2.45, 2.75) is 5.41 Å². The molecule has 1 spiro atoms. The number of benzene rings is 9. The molecule has 0 unspecified atom stereocenters. The summed E-state index contributed by atoms with van der Waals surface area (Å²) in [7, 11) is 0. The van der Waals surface area contributed by atoms with Crippen molar-refractivity contribution in [3.8, 4) is 62.0 Å².